The lowest BCUT2D eigenvalue weighted by atomic mass is 10.1. The van der Waals surface area contributed by atoms with Crippen LogP contribution in [0.25, 0.3) is 16.5 Å². The van der Waals surface area contributed by atoms with Crippen LogP contribution < -0.4 is 16.4 Å². The van der Waals surface area contributed by atoms with E-state index >= 15 is 0 Å². The van der Waals surface area contributed by atoms with Gasteiger partial charge in [-0.05, 0) is 30.7 Å². The van der Waals surface area contributed by atoms with Crippen molar-refractivity contribution in [2.75, 3.05) is 0 Å². The number of unbranched alkanes of at least 4 members (excludes halogenated alkanes) is 2. The first kappa shape index (κ1) is 23.2. The van der Waals surface area contributed by atoms with Gasteiger partial charge in [0.1, 0.15) is 0 Å². The highest BCUT2D eigenvalue weighted by atomic mass is 35.5. The fourth-order valence-corrected chi connectivity index (χ4v) is 3.74. The monoisotopic (exact) mass is 478 g/mol. The minimum absolute atomic E-state index is 0.0496. The second-order valence-corrected chi connectivity index (χ2v) is 8.04. The first-order valence-corrected chi connectivity index (χ1v) is 11.3. The highest BCUT2D eigenvalue weighted by Crippen LogP contribution is 2.19. The van der Waals surface area contributed by atoms with Crippen LogP contribution in [0.2, 0.25) is 5.02 Å². The summed E-state index contributed by atoms with van der Waals surface area (Å²) in [6.45, 7) is 2.47. The van der Waals surface area contributed by atoms with Gasteiger partial charge < -0.3 is 0 Å². The maximum absolute atomic E-state index is 12.9. The highest BCUT2D eigenvalue weighted by Gasteiger charge is 2.18. The number of aryl methyl sites for hydroxylation is 1. The van der Waals surface area contributed by atoms with Crippen LogP contribution in [0.1, 0.15) is 47.2 Å². The van der Waals surface area contributed by atoms with Crippen molar-refractivity contribution in [1.82, 2.24) is 30.4 Å². The number of nitrogens with zero attached hydrogens (tertiary/aromatic N) is 4. The van der Waals surface area contributed by atoms with Gasteiger partial charge in [-0.2, -0.15) is 10.2 Å². The summed E-state index contributed by atoms with van der Waals surface area (Å²) in [5.74, 6) is -1.25. The van der Waals surface area contributed by atoms with E-state index in [4.69, 9.17) is 11.6 Å². The molecule has 2 aromatic carbocycles. The number of benzene rings is 2. The van der Waals surface area contributed by atoms with Crippen molar-refractivity contribution < 1.29 is 9.59 Å². The van der Waals surface area contributed by atoms with Gasteiger partial charge in [0.2, 0.25) is 0 Å². The van der Waals surface area contributed by atoms with Crippen molar-refractivity contribution in [1.29, 1.82) is 0 Å². The Hall–Kier alpha value is -3.98. The molecule has 174 valence electrons. The van der Waals surface area contributed by atoms with E-state index in [2.05, 4.69) is 28.0 Å². The van der Waals surface area contributed by atoms with Gasteiger partial charge in [-0.3, -0.25) is 25.2 Å². The molecule has 4 aromatic rings. The molecule has 34 heavy (non-hydrogen) atoms. The molecule has 0 fully saturated rings. The van der Waals surface area contributed by atoms with Gasteiger partial charge in [0.25, 0.3) is 17.4 Å². The molecule has 0 spiro atoms. The summed E-state index contributed by atoms with van der Waals surface area (Å²) >= 11 is 6.18. The molecule has 0 bridgehead atoms. The number of hydrazine groups is 1. The number of carbonyl (C=O) groups is 2. The molecule has 2 aromatic heterocycles. The molecule has 2 heterocycles. The largest absolute Gasteiger partial charge is 0.290 e. The Bertz CT molecular complexity index is 1410. The van der Waals surface area contributed by atoms with Crippen molar-refractivity contribution in [2.45, 2.75) is 32.7 Å². The van der Waals surface area contributed by atoms with Crippen molar-refractivity contribution >= 4 is 34.2 Å². The van der Waals surface area contributed by atoms with Gasteiger partial charge in [-0.25, -0.2) is 9.36 Å². The number of amides is 2. The van der Waals surface area contributed by atoms with Gasteiger partial charge >= 0.3 is 0 Å². The molecule has 0 atom stereocenters. The predicted molar refractivity (Wildman–Crippen MR) is 129 cm³/mol. The molecule has 4 rings (SSSR count). The molecule has 0 radical (unpaired) electrons. The first-order chi connectivity index (χ1) is 16.5. The van der Waals surface area contributed by atoms with Crippen molar-refractivity contribution in [2.24, 2.45) is 0 Å². The molecule has 0 aliphatic rings. The average molecular weight is 479 g/mol. The summed E-state index contributed by atoms with van der Waals surface area (Å²) in [6.07, 6.45) is 4.31. The second-order valence-electron chi connectivity index (χ2n) is 7.63. The van der Waals surface area contributed by atoms with Crippen LogP contribution in [0.5, 0.6) is 0 Å². The lowest BCUT2D eigenvalue weighted by Gasteiger charge is -2.11. The molecule has 0 aliphatic heterocycles. The van der Waals surface area contributed by atoms with E-state index < -0.39 is 11.8 Å². The van der Waals surface area contributed by atoms with Gasteiger partial charge in [0.15, 0.2) is 11.4 Å². The fraction of sp³-hybridized carbons (Fsp3) is 0.208. The minimum Gasteiger partial charge on any atom is -0.267 e. The Labute approximate surface area is 200 Å². The summed E-state index contributed by atoms with van der Waals surface area (Å²) in [4.78, 5) is 38.2. The number of rotatable bonds is 7. The number of para-hydroxylation sites is 1. The molecular weight excluding hydrogens is 456 g/mol. The lowest BCUT2D eigenvalue weighted by Crippen LogP contribution is -2.43. The number of hydrogen-bond donors (Lipinski definition) is 2. The van der Waals surface area contributed by atoms with Crippen LogP contribution in [0.15, 0.2) is 65.6 Å². The summed E-state index contributed by atoms with van der Waals surface area (Å²) in [6, 6.07) is 15.4. The van der Waals surface area contributed by atoms with Crippen molar-refractivity contribution in [3.63, 3.8) is 0 Å². The smallest absolute Gasteiger partial charge is 0.267 e. The first-order valence-electron chi connectivity index (χ1n) is 10.9. The van der Waals surface area contributed by atoms with E-state index in [1.165, 1.54) is 15.4 Å². The Morgan fingerprint density at radius 1 is 0.912 bits per heavy atom. The van der Waals surface area contributed by atoms with Crippen LogP contribution >= 0.6 is 11.6 Å². The summed E-state index contributed by atoms with van der Waals surface area (Å²) in [5.41, 5.74) is 5.23. The highest BCUT2D eigenvalue weighted by molar-refractivity contribution is 6.32. The number of carbonyl (C=O) groups excluding carboxylic acids is 2. The topological polar surface area (TPSA) is 111 Å². The van der Waals surface area contributed by atoms with Crippen molar-refractivity contribution in [3.8, 4) is 5.69 Å². The maximum Gasteiger partial charge on any atom is 0.290 e. The van der Waals surface area contributed by atoms with Crippen LogP contribution in [0, 0.1) is 0 Å². The fourth-order valence-electron chi connectivity index (χ4n) is 3.52. The third kappa shape index (κ3) is 4.84. The second kappa shape index (κ2) is 10.3. The molecule has 2 amide bonds. The number of fused-ring (bicyclic) bond motifs is 1. The Kier molecular flexibility index (Phi) is 7.03. The lowest BCUT2D eigenvalue weighted by molar-refractivity contribution is 0.0840. The zero-order valence-electron chi connectivity index (χ0n) is 18.5. The zero-order chi connectivity index (χ0) is 24.1. The standard InChI is InChI=1S/C24H23ClN6O3/c1-2-3-8-14-31-24(34)17-10-5-4-9-16(17)21(29-31)23(33)27-26-22(32)19-13-15-30(28-19)20-12-7-6-11-18(20)25/h4-7,9-13,15H,2-3,8,14H2,1H3,(H,26,32)(H,27,33). The Morgan fingerprint density at radius 2 is 1.62 bits per heavy atom. The third-order valence-corrected chi connectivity index (χ3v) is 5.59. The van der Waals surface area contributed by atoms with Gasteiger partial charge in [-0.15, -0.1) is 0 Å². The number of nitrogens with one attached hydrogen (secondary N) is 2. The van der Waals surface area contributed by atoms with Gasteiger partial charge in [-0.1, -0.05) is 61.7 Å². The van der Waals surface area contributed by atoms with Gasteiger partial charge in [0.05, 0.1) is 16.1 Å². The number of halogens is 1. The van der Waals surface area contributed by atoms with Crippen molar-refractivity contribution in [3.05, 3.63) is 87.6 Å². The maximum atomic E-state index is 12.9. The van der Waals surface area contributed by atoms with Crippen LogP contribution in [-0.4, -0.2) is 31.4 Å². The molecule has 0 aliphatic carbocycles. The van der Waals surface area contributed by atoms with Crippen LogP contribution in [-0.2, 0) is 6.54 Å². The van der Waals surface area contributed by atoms with Gasteiger partial charge in [0, 0.05) is 18.1 Å². The summed E-state index contributed by atoms with van der Waals surface area (Å²) < 4.78 is 2.78. The quantitative estimate of drug-likeness (QED) is 0.312. The third-order valence-electron chi connectivity index (χ3n) is 5.27. The molecule has 0 saturated heterocycles. The van der Waals surface area contributed by atoms with Crippen LogP contribution in [0.3, 0.4) is 0 Å². The molecular formula is C24H23ClN6O3. The molecule has 2 N–H and O–H groups in total. The van der Waals surface area contributed by atoms with E-state index in [9.17, 15) is 14.4 Å². The van der Waals surface area contributed by atoms with E-state index in [0.29, 0.717) is 28.0 Å². The predicted octanol–water partition coefficient (Wildman–Crippen LogP) is 3.50. The molecule has 0 unspecified atom stereocenters. The number of aromatic nitrogens is 4. The molecule has 10 heteroatoms. The average Bonchev–Trinajstić information content (AvgIpc) is 3.34. The summed E-state index contributed by atoms with van der Waals surface area (Å²) in [5, 5.41) is 9.79. The Balaban J connectivity index is 1.52. The van der Waals surface area contributed by atoms with E-state index in [1.807, 2.05) is 6.07 Å². The van der Waals surface area contributed by atoms with E-state index in [0.717, 1.165) is 19.3 Å². The summed E-state index contributed by atoms with van der Waals surface area (Å²) in [7, 11) is 0. The molecule has 0 saturated carbocycles. The normalized spacial score (nSPS) is 10.9. The van der Waals surface area contributed by atoms with E-state index in [1.54, 1.807) is 48.7 Å². The van der Waals surface area contributed by atoms with Crippen LogP contribution in [0.4, 0.5) is 0 Å². The SMILES string of the molecule is CCCCCn1nc(C(=O)NNC(=O)c2ccn(-c3ccccc3Cl)n2)c2ccccc2c1=O. The molecule has 9 nitrogen and oxygen atoms in total. The zero-order valence-corrected chi connectivity index (χ0v) is 19.2. The van der Waals surface area contributed by atoms with E-state index in [-0.39, 0.29) is 16.9 Å². The minimum atomic E-state index is -0.640. The number of hydrogen-bond acceptors (Lipinski definition) is 5. The Morgan fingerprint density at radius 3 is 2.38 bits per heavy atom.